The molecule has 2 N–H and O–H groups in total. The van der Waals surface area contributed by atoms with Gasteiger partial charge in [0.15, 0.2) is 0 Å². The molecule has 4 heteroatoms. The predicted octanol–water partition coefficient (Wildman–Crippen LogP) is 0.814. The Kier molecular flexibility index (Phi) is 3.82. The molecule has 1 unspecified atom stereocenters. The van der Waals surface area contributed by atoms with Gasteiger partial charge < -0.3 is 15.4 Å². The summed E-state index contributed by atoms with van der Waals surface area (Å²) in [7, 11) is 0. The topological polar surface area (TPSA) is 50.4 Å². The van der Waals surface area contributed by atoms with E-state index in [1.807, 2.05) is 6.92 Å². The van der Waals surface area contributed by atoms with Crippen LogP contribution in [0.4, 0.5) is 0 Å². The van der Waals surface area contributed by atoms with Gasteiger partial charge in [0.1, 0.15) is 6.61 Å². The van der Waals surface area contributed by atoms with Gasteiger partial charge in [0, 0.05) is 18.2 Å². The zero-order valence-electron chi connectivity index (χ0n) is 10.1. The van der Waals surface area contributed by atoms with Gasteiger partial charge in [0.05, 0.1) is 0 Å². The fourth-order valence-corrected chi connectivity index (χ4v) is 2.73. The number of hydrogen-bond donors (Lipinski definition) is 2. The second-order valence-corrected chi connectivity index (χ2v) is 4.96. The molecule has 16 heavy (non-hydrogen) atoms. The predicted molar refractivity (Wildman–Crippen MR) is 62.2 cm³/mol. The second kappa shape index (κ2) is 5.15. The lowest BCUT2D eigenvalue weighted by atomic mass is 9.70. The van der Waals surface area contributed by atoms with Gasteiger partial charge in [-0.05, 0) is 45.6 Å². The fourth-order valence-electron chi connectivity index (χ4n) is 2.73. The summed E-state index contributed by atoms with van der Waals surface area (Å²) in [5.74, 6) is 0.0308. The van der Waals surface area contributed by atoms with Crippen molar-refractivity contribution in [1.82, 2.24) is 10.6 Å². The highest BCUT2D eigenvalue weighted by atomic mass is 16.5. The van der Waals surface area contributed by atoms with Crippen molar-refractivity contribution in [2.75, 3.05) is 19.8 Å². The highest BCUT2D eigenvalue weighted by Crippen LogP contribution is 2.38. The van der Waals surface area contributed by atoms with Crippen molar-refractivity contribution in [3.63, 3.8) is 0 Å². The lowest BCUT2D eigenvalue weighted by Crippen LogP contribution is -2.59. The van der Waals surface area contributed by atoms with E-state index in [0.29, 0.717) is 18.2 Å². The normalized spacial score (nSPS) is 27.4. The summed E-state index contributed by atoms with van der Waals surface area (Å²) >= 11 is 0. The first-order chi connectivity index (χ1) is 7.74. The Bertz CT molecular complexity index is 251. The van der Waals surface area contributed by atoms with E-state index in [9.17, 15) is 4.79 Å². The Morgan fingerprint density at radius 3 is 3.00 bits per heavy atom. The first kappa shape index (κ1) is 11.9. The molecule has 1 saturated carbocycles. The molecule has 1 aliphatic heterocycles. The summed E-state index contributed by atoms with van der Waals surface area (Å²) in [5, 5.41) is 6.67. The van der Waals surface area contributed by atoms with Gasteiger partial charge in [0.2, 0.25) is 5.91 Å². The van der Waals surface area contributed by atoms with E-state index in [-0.39, 0.29) is 12.5 Å². The maximum Gasteiger partial charge on any atom is 0.246 e. The molecule has 1 saturated heterocycles. The molecule has 4 nitrogen and oxygen atoms in total. The van der Waals surface area contributed by atoms with Gasteiger partial charge >= 0.3 is 0 Å². The number of carbonyl (C=O) groups is 1. The zero-order chi connectivity index (χ0) is 11.4. The van der Waals surface area contributed by atoms with Gasteiger partial charge in [-0.15, -0.1) is 0 Å². The van der Waals surface area contributed by atoms with Crippen LogP contribution in [0.2, 0.25) is 0 Å². The molecule has 0 aromatic heterocycles. The Balaban J connectivity index is 1.74. The number of rotatable bonds is 4. The fraction of sp³-hybridized carbons (Fsp3) is 0.917. The molecule has 2 aliphatic rings. The van der Waals surface area contributed by atoms with Crippen molar-refractivity contribution in [3.8, 4) is 0 Å². The van der Waals surface area contributed by atoms with Crippen LogP contribution in [0.15, 0.2) is 0 Å². The molecule has 0 aromatic rings. The summed E-state index contributed by atoms with van der Waals surface area (Å²) < 4.78 is 5.10. The summed E-state index contributed by atoms with van der Waals surface area (Å²) in [6, 6.07) is 0.342. The van der Waals surface area contributed by atoms with Crippen LogP contribution in [0, 0.1) is 0 Å². The molecule has 1 aliphatic carbocycles. The highest BCUT2D eigenvalue weighted by Gasteiger charge is 2.41. The number of hydrogen-bond acceptors (Lipinski definition) is 3. The van der Waals surface area contributed by atoms with E-state index in [2.05, 4.69) is 10.6 Å². The SMILES string of the molecule is CCOCC(=O)NC1CCNC2(CCC2)C1. The van der Waals surface area contributed by atoms with E-state index in [0.717, 1.165) is 19.4 Å². The maximum absolute atomic E-state index is 11.5. The molecule has 1 amide bonds. The van der Waals surface area contributed by atoms with E-state index < -0.39 is 0 Å². The zero-order valence-corrected chi connectivity index (χ0v) is 10.1. The highest BCUT2D eigenvalue weighted by molar-refractivity contribution is 5.77. The molecule has 1 spiro atoms. The summed E-state index contributed by atoms with van der Waals surface area (Å²) in [5.41, 5.74) is 0.349. The van der Waals surface area contributed by atoms with Gasteiger partial charge in [-0.1, -0.05) is 0 Å². The largest absolute Gasteiger partial charge is 0.372 e. The summed E-state index contributed by atoms with van der Waals surface area (Å²) in [4.78, 5) is 11.5. The number of piperidine rings is 1. The Labute approximate surface area is 97.1 Å². The molecular weight excluding hydrogens is 204 g/mol. The maximum atomic E-state index is 11.5. The minimum absolute atomic E-state index is 0.0308. The van der Waals surface area contributed by atoms with E-state index in [1.54, 1.807) is 0 Å². The van der Waals surface area contributed by atoms with Crippen LogP contribution >= 0.6 is 0 Å². The number of amides is 1. The van der Waals surface area contributed by atoms with Crippen LogP contribution < -0.4 is 10.6 Å². The first-order valence-electron chi connectivity index (χ1n) is 6.36. The molecular formula is C12H22N2O2. The van der Waals surface area contributed by atoms with Crippen molar-refractivity contribution < 1.29 is 9.53 Å². The molecule has 0 aromatic carbocycles. The average molecular weight is 226 g/mol. The number of nitrogens with one attached hydrogen (secondary N) is 2. The third-order valence-electron chi connectivity index (χ3n) is 3.74. The van der Waals surface area contributed by atoms with E-state index in [4.69, 9.17) is 4.74 Å². The van der Waals surface area contributed by atoms with E-state index in [1.165, 1.54) is 19.3 Å². The monoisotopic (exact) mass is 226 g/mol. The molecule has 0 bridgehead atoms. The lowest BCUT2D eigenvalue weighted by Gasteiger charge is -2.48. The van der Waals surface area contributed by atoms with Gasteiger partial charge in [0.25, 0.3) is 0 Å². The van der Waals surface area contributed by atoms with Crippen molar-refractivity contribution in [2.24, 2.45) is 0 Å². The van der Waals surface area contributed by atoms with Crippen molar-refractivity contribution in [1.29, 1.82) is 0 Å². The van der Waals surface area contributed by atoms with Crippen LogP contribution in [-0.2, 0) is 9.53 Å². The van der Waals surface area contributed by atoms with Crippen LogP contribution in [0.25, 0.3) is 0 Å². The van der Waals surface area contributed by atoms with Gasteiger partial charge in [-0.3, -0.25) is 4.79 Å². The smallest absolute Gasteiger partial charge is 0.246 e. The number of carbonyl (C=O) groups excluding carboxylic acids is 1. The summed E-state index contributed by atoms with van der Waals surface area (Å²) in [6.45, 7) is 3.73. The third-order valence-corrected chi connectivity index (χ3v) is 3.74. The molecule has 92 valence electrons. The molecule has 0 radical (unpaired) electrons. The van der Waals surface area contributed by atoms with Gasteiger partial charge in [-0.25, -0.2) is 0 Å². The Hall–Kier alpha value is -0.610. The van der Waals surface area contributed by atoms with E-state index >= 15 is 0 Å². The average Bonchev–Trinajstić information content (AvgIpc) is 2.24. The quantitative estimate of drug-likeness (QED) is 0.746. The lowest BCUT2D eigenvalue weighted by molar-refractivity contribution is -0.126. The Morgan fingerprint density at radius 2 is 2.38 bits per heavy atom. The first-order valence-corrected chi connectivity index (χ1v) is 6.36. The summed E-state index contributed by atoms with van der Waals surface area (Å²) in [6.07, 6.45) is 5.99. The molecule has 2 fully saturated rings. The van der Waals surface area contributed by atoms with Crippen molar-refractivity contribution in [3.05, 3.63) is 0 Å². The second-order valence-electron chi connectivity index (χ2n) is 4.96. The van der Waals surface area contributed by atoms with Crippen LogP contribution in [0.5, 0.6) is 0 Å². The van der Waals surface area contributed by atoms with Crippen molar-refractivity contribution in [2.45, 2.75) is 50.6 Å². The van der Waals surface area contributed by atoms with Crippen LogP contribution in [-0.4, -0.2) is 37.2 Å². The van der Waals surface area contributed by atoms with Crippen LogP contribution in [0.3, 0.4) is 0 Å². The van der Waals surface area contributed by atoms with Crippen molar-refractivity contribution >= 4 is 5.91 Å². The molecule has 1 atom stereocenters. The standard InChI is InChI=1S/C12H22N2O2/c1-2-16-9-11(15)14-10-4-7-13-12(8-10)5-3-6-12/h10,13H,2-9H2,1H3,(H,14,15). The van der Waals surface area contributed by atoms with Gasteiger partial charge in [-0.2, -0.15) is 0 Å². The Morgan fingerprint density at radius 1 is 1.56 bits per heavy atom. The molecule has 1 heterocycles. The minimum atomic E-state index is 0.0308. The van der Waals surface area contributed by atoms with Crippen LogP contribution in [0.1, 0.15) is 39.0 Å². The third kappa shape index (κ3) is 2.74. The minimum Gasteiger partial charge on any atom is -0.372 e. The number of ether oxygens (including phenoxy) is 1. The molecule has 2 rings (SSSR count).